The number of aliphatic hydroxyl groups is 4. The molecule has 120 heavy (non-hydrogen) atoms. The predicted molar refractivity (Wildman–Crippen MR) is 438 cm³/mol. The highest BCUT2D eigenvalue weighted by Crippen LogP contribution is 2.39. The molecule has 0 saturated carbocycles. The Balaban J connectivity index is 0.000000114. The van der Waals surface area contributed by atoms with Crippen LogP contribution in [0.5, 0.6) is 23.0 Å². The Labute approximate surface area is 692 Å². The molecule has 4 fully saturated rings. The first-order valence-electron chi connectivity index (χ1n) is 40.5. The number of amides is 4. The van der Waals surface area contributed by atoms with E-state index in [1.165, 1.54) is 0 Å². The fourth-order valence-corrected chi connectivity index (χ4v) is 16.0. The number of benzene rings is 8. The molecule has 12 heterocycles. The van der Waals surface area contributed by atoms with Gasteiger partial charge < -0.3 is 77.9 Å². The van der Waals surface area contributed by atoms with Crippen LogP contribution in [-0.4, -0.2) is 204 Å². The molecule has 0 unspecified atom stereocenters. The zero-order valence-corrected chi connectivity index (χ0v) is 65.9. The summed E-state index contributed by atoms with van der Waals surface area (Å²) in [6.07, 6.45) is 12.7. The molecule has 0 spiro atoms. The molecule has 0 radical (unpaired) electrons. The molecule has 4 amide bonds. The van der Waals surface area contributed by atoms with Crippen molar-refractivity contribution < 1.29 is 77.5 Å². The number of rotatable bonds is 20. The van der Waals surface area contributed by atoms with Crippen LogP contribution in [0.15, 0.2) is 244 Å². The Morgan fingerprint density at radius 3 is 0.783 bits per heavy atom. The third-order valence-corrected chi connectivity index (χ3v) is 22.4. The molecule has 8 aromatic carbocycles. The second-order valence-corrected chi connectivity index (χ2v) is 30.6. The lowest BCUT2D eigenvalue weighted by atomic mass is 10.1. The van der Waals surface area contributed by atoms with Crippen LogP contribution in [0.25, 0.3) is 22.7 Å². The number of nitrogens with zero attached hydrogens (tertiary/aromatic N) is 12. The number of aliphatic hydroxyl groups excluding tert-OH is 4. The highest BCUT2D eigenvalue weighted by Gasteiger charge is 2.39. The van der Waals surface area contributed by atoms with Gasteiger partial charge in [0, 0.05) is 141 Å². The molecular weight excluding hydrogens is 1530 g/mol. The molecule has 4 N–H and O–H groups in total. The van der Waals surface area contributed by atoms with Crippen LogP contribution < -0.4 is 18.9 Å². The van der Waals surface area contributed by atoms with Crippen LogP contribution in [0, 0.1) is 0 Å². The van der Waals surface area contributed by atoms with E-state index in [-0.39, 0.29) is 49.1 Å². The summed E-state index contributed by atoms with van der Waals surface area (Å²) in [6.45, 7) is 7.55. The number of carbonyl (C=O) groups excluding carboxylic acids is 4. The Kier molecular flexibility index (Phi) is 24.4. The molecule has 28 heteroatoms. The summed E-state index contributed by atoms with van der Waals surface area (Å²) < 4.78 is 52.7. The van der Waals surface area contributed by atoms with E-state index in [1.54, 1.807) is 67.8 Å². The smallest absolute Gasteiger partial charge is 0.258 e. The third-order valence-electron chi connectivity index (χ3n) is 22.4. The minimum absolute atomic E-state index is 0.0432. The summed E-state index contributed by atoms with van der Waals surface area (Å²) >= 11 is 0. The maximum atomic E-state index is 13.1. The van der Waals surface area contributed by atoms with E-state index in [2.05, 4.69) is 20.4 Å². The summed E-state index contributed by atoms with van der Waals surface area (Å²) in [7, 11) is 0. The van der Waals surface area contributed by atoms with E-state index in [0.29, 0.717) is 163 Å². The second-order valence-electron chi connectivity index (χ2n) is 30.6. The molecule has 12 aromatic rings. The molecule has 0 bridgehead atoms. The van der Waals surface area contributed by atoms with E-state index in [1.807, 2.05) is 214 Å². The van der Waals surface area contributed by atoms with Gasteiger partial charge in [0.25, 0.3) is 23.6 Å². The van der Waals surface area contributed by atoms with Crippen molar-refractivity contribution in [1.29, 1.82) is 0 Å². The van der Waals surface area contributed by atoms with Gasteiger partial charge in [-0.15, -0.1) is 0 Å². The summed E-state index contributed by atoms with van der Waals surface area (Å²) in [4.78, 5) is 59.8. The van der Waals surface area contributed by atoms with Crippen LogP contribution in [0.2, 0.25) is 0 Å². The van der Waals surface area contributed by atoms with Crippen LogP contribution in [0.1, 0.15) is 112 Å². The zero-order valence-electron chi connectivity index (χ0n) is 65.9. The summed E-state index contributed by atoms with van der Waals surface area (Å²) in [5.41, 5.74) is 14.3. The largest absolute Gasteiger partial charge is 0.487 e. The van der Waals surface area contributed by atoms with Crippen LogP contribution in [0.4, 0.5) is 0 Å². The van der Waals surface area contributed by atoms with Crippen molar-refractivity contribution in [3.63, 3.8) is 0 Å². The Hall–Kier alpha value is -12.6. The second kappa shape index (κ2) is 36.7. The first kappa shape index (κ1) is 79.8. The molecule has 0 aliphatic carbocycles. The predicted octanol–water partition coefficient (Wildman–Crippen LogP) is 10.2. The molecular formula is C92H92N12O16. The lowest BCUT2D eigenvalue weighted by Crippen LogP contribution is -2.41. The zero-order chi connectivity index (χ0) is 82.0. The quantitative estimate of drug-likeness (QED) is 0.0551. The first-order chi connectivity index (χ1) is 58.7. The summed E-state index contributed by atoms with van der Waals surface area (Å²) in [6, 6.07) is 62.2. The number of ether oxygens (including phenoxy) is 8. The molecule has 8 atom stereocenters. The summed E-state index contributed by atoms with van der Waals surface area (Å²) in [5.74, 6) is 1.93. The monoisotopic (exact) mass is 1620 g/mol. The number of hydrogen-bond donors (Lipinski definition) is 4. The molecule has 616 valence electrons. The van der Waals surface area contributed by atoms with Crippen LogP contribution >= 0.6 is 0 Å². The lowest BCUT2D eigenvalue weighted by molar-refractivity contribution is -0.0752. The third kappa shape index (κ3) is 18.2. The van der Waals surface area contributed by atoms with Gasteiger partial charge in [-0.2, -0.15) is 20.4 Å². The van der Waals surface area contributed by atoms with Gasteiger partial charge in [-0.1, -0.05) is 97.1 Å². The standard InChI is InChI=1S/4C23H23N3O4/c2*27-19-15-29-12-9-20(19)30-21-4-1-3-17-14-25(23(28)22(17)21)13-16-5-7-18(8-6-16)26-11-2-10-24-26;2*27-19-9-12-29-15-21(19)30-20-4-1-3-17-14-25(23(28)22(17)20)13-16-5-7-18(8-6-16)26-11-2-10-24-26/h2*1-8,10-11,19-20,27H,9,12-15H2;2*1-8,10-11,19,21,27H,9,12-15H2/t2*19-,20-;2*19-,21-/m1010/s1. The van der Waals surface area contributed by atoms with Crippen molar-refractivity contribution in [3.05, 3.63) is 310 Å². The molecule has 8 aliphatic rings. The maximum absolute atomic E-state index is 13.1. The van der Waals surface area contributed by atoms with Gasteiger partial charge in [0.05, 0.1) is 96.9 Å². The molecule has 4 saturated heterocycles. The van der Waals surface area contributed by atoms with Gasteiger partial charge in [-0.05, 0) is 142 Å². The fraction of sp³-hybridized carbons (Fsp3) is 0.304. The molecule has 8 aliphatic heterocycles. The Bertz CT molecular complexity index is 4810. The van der Waals surface area contributed by atoms with Crippen LogP contribution in [0.3, 0.4) is 0 Å². The van der Waals surface area contributed by atoms with Crippen molar-refractivity contribution in [3.8, 4) is 45.7 Å². The topological polar surface area (TPSA) is 307 Å². The van der Waals surface area contributed by atoms with Gasteiger partial charge in [0.2, 0.25) is 0 Å². The van der Waals surface area contributed by atoms with Crippen molar-refractivity contribution >= 4 is 23.6 Å². The van der Waals surface area contributed by atoms with Gasteiger partial charge >= 0.3 is 0 Å². The fourth-order valence-electron chi connectivity index (χ4n) is 16.0. The van der Waals surface area contributed by atoms with Gasteiger partial charge in [-0.25, -0.2) is 18.7 Å². The maximum Gasteiger partial charge on any atom is 0.258 e. The molecule has 4 aromatic heterocycles. The average molecular weight is 1620 g/mol. The van der Waals surface area contributed by atoms with E-state index >= 15 is 0 Å². The highest BCUT2D eigenvalue weighted by molar-refractivity contribution is 6.03. The normalized spacial score (nSPS) is 21.0. The summed E-state index contributed by atoms with van der Waals surface area (Å²) in [5, 5.41) is 57.5. The SMILES string of the molecule is O=C1c2c(cccc2O[C@@H]2CCOC[C@H]2O)CN1Cc1ccc(-n2cccn2)cc1.O=C1c2c(cccc2O[C@@H]2COCC[C@H]2O)CN1Cc1ccc(-n2cccn2)cc1.O=C1c2c(cccc2O[C@H]2CCOC[C@@H]2O)CN1Cc1ccc(-n2cccn2)cc1.O=C1c2c(cccc2O[C@H]2COCC[C@@H]2O)CN1Cc1ccc(-n2cccn2)cc1. The van der Waals surface area contributed by atoms with Gasteiger partial charge in [0.1, 0.15) is 59.6 Å². The molecule has 28 nitrogen and oxygen atoms in total. The van der Waals surface area contributed by atoms with Crippen molar-refractivity contribution in [2.45, 2.75) is 127 Å². The van der Waals surface area contributed by atoms with E-state index in [9.17, 15) is 39.6 Å². The highest BCUT2D eigenvalue weighted by atomic mass is 16.6. The van der Waals surface area contributed by atoms with E-state index in [0.717, 1.165) is 67.3 Å². The lowest BCUT2D eigenvalue weighted by Gasteiger charge is -2.28. The number of fused-ring (bicyclic) bond motifs is 4. The minimum atomic E-state index is -0.685. The minimum Gasteiger partial charge on any atom is -0.487 e. The molecule has 20 rings (SSSR count). The van der Waals surface area contributed by atoms with Gasteiger partial charge in [0.15, 0.2) is 0 Å². The van der Waals surface area contributed by atoms with E-state index < -0.39 is 36.6 Å². The Morgan fingerprint density at radius 1 is 0.292 bits per heavy atom. The number of hydrogen-bond acceptors (Lipinski definition) is 20. The number of aromatic nitrogens is 8. The Morgan fingerprint density at radius 2 is 0.542 bits per heavy atom. The van der Waals surface area contributed by atoms with Gasteiger partial charge in [-0.3, -0.25) is 19.2 Å². The van der Waals surface area contributed by atoms with Crippen molar-refractivity contribution in [2.75, 3.05) is 52.9 Å². The van der Waals surface area contributed by atoms with Crippen molar-refractivity contribution in [2.24, 2.45) is 0 Å². The number of carbonyl (C=O) groups is 4. The first-order valence-corrected chi connectivity index (χ1v) is 40.5. The van der Waals surface area contributed by atoms with E-state index in [4.69, 9.17) is 37.9 Å². The van der Waals surface area contributed by atoms with Crippen molar-refractivity contribution in [1.82, 2.24) is 58.7 Å². The van der Waals surface area contributed by atoms with Crippen LogP contribution in [-0.2, 0) is 71.3 Å². The average Bonchev–Trinajstić information content (AvgIpc) is 1.65.